The van der Waals surface area contributed by atoms with Crippen LogP contribution < -0.4 is 10.1 Å². The van der Waals surface area contributed by atoms with Crippen molar-refractivity contribution in [2.75, 3.05) is 18.5 Å². The number of nitro benzene ring substituents is 1. The van der Waals surface area contributed by atoms with Gasteiger partial charge in [0.25, 0.3) is 11.6 Å². The highest BCUT2D eigenvalue weighted by Gasteiger charge is 2.26. The van der Waals surface area contributed by atoms with Gasteiger partial charge in [-0.1, -0.05) is 25.5 Å². The highest BCUT2D eigenvalue weighted by molar-refractivity contribution is 7.17. The summed E-state index contributed by atoms with van der Waals surface area (Å²) in [6.07, 6.45) is 2.03. The number of benzene rings is 2. The number of amides is 1. The zero-order valence-electron chi connectivity index (χ0n) is 19.3. The smallest absolute Gasteiger partial charge is 0.341 e. The molecule has 0 unspecified atom stereocenters. The summed E-state index contributed by atoms with van der Waals surface area (Å²) in [6, 6.07) is 13.5. The highest BCUT2D eigenvalue weighted by Crippen LogP contribution is 2.40. The zero-order chi connectivity index (χ0) is 24.7. The van der Waals surface area contributed by atoms with E-state index in [0.29, 0.717) is 21.9 Å². The Morgan fingerprint density at radius 3 is 2.32 bits per heavy atom. The molecule has 1 amide bonds. The second kappa shape index (κ2) is 11.4. The Hall–Kier alpha value is -3.72. The molecule has 9 heteroatoms. The van der Waals surface area contributed by atoms with E-state index in [-0.39, 0.29) is 24.5 Å². The SMILES string of the molecule is CCCc1ccc(OCC(=O)Nc2sc(C)c(-c3ccc([N+](=O)[O-])cc3)c2C(=O)OCC)cc1. The molecule has 0 spiro atoms. The number of nitro groups is 1. The molecule has 0 radical (unpaired) electrons. The molecule has 1 N–H and O–H groups in total. The number of thiophene rings is 1. The predicted octanol–water partition coefficient (Wildman–Crippen LogP) is 5.78. The van der Waals surface area contributed by atoms with E-state index in [1.165, 1.54) is 29.0 Å². The molecule has 0 aliphatic carbocycles. The Kier molecular flexibility index (Phi) is 8.37. The van der Waals surface area contributed by atoms with Crippen LogP contribution in [0.2, 0.25) is 0 Å². The van der Waals surface area contributed by atoms with Gasteiger partial charge in [-0.15, -0.1) is 11.3 Å². The fourth-order valence-corrected chi connectivity index (χ4v) is 4.56. The number of hydrogen-bond donors (Lipinski definition) is 1. The fraction of sp³-hybridized carbons (Fsp3) is 0.280. The summed E-state index contributed by atoms with van der Waals surface area (Å²) < 4.78 is 10.8. The summed E-state index contributed by atoms with van der Waals surface area (Å²) in [5.41, 5.74) is 2.55. The molecule has 2 aromatic carbocycles. The monoisotopic (exact) mass is 482 g/mol. The van der Waals surface area contributed by atoms with E-state index in [9.17, 15) is 19.7 Å². The molecule has 0 atom stereocenters. The molecule has 0 aliphatic heterocycles. The second-order valence-electron chi connectivity index (χ2n) is 7.49. The third-order valence-corrected chi connectivity index (χ3v) is 6.04. The van der Waals surface area contributed by atoms with Crippen LogP contribution in [0.3, 0.4) is 0 Å². The number of carbonyl (C=O) groups excluding carboxylic acids is 2. The quantitative estimate of drug-likeness (QED) is 0.223. The van der Waals surface area contributed by atoms with Gasteiger partial charge in [0.2, 0.25) is 0 Å². The van der Waals surface area contributed by atoms with Crippen LogP contribution in [-0.4, -0.2) is 30.0 Å². The first-order chi connectivity index (χ1) is 16.3. The number of nitrogens with zero attached hydrogens (tertiary/aromatic N) is 1. The number of carbonyl (C=O) groups is 2. The van der Waals surface area contributed by atoms with Gasteiger partial charge in [0, 0.05) is 22.6 Å². The number of esters is 1. The van der Waals surface area contributed by atoms with Crippen LogP contribution in [0.1, 0.15) is 41.1 Å². The number of hydrogen-bond acceptors (Lipinski definition) is 7. The second-order valence-corrected chi connectivity index (χ2v) is 8.72. The number of aryl methyl sites for hydroxylation is 2. The first-order valence-electron chi connectivity index (χ1n) is 10.9. The topological polar surface area (TPSA) is 108 Å². The summed E-state index contributed by atoms with van der Waals surface area (Å²) >= 11 is 1.24. The molecule has 0 fully saturated rings. The lowest BCUT2D eigenvalue weighted by Gasteiger charge is -2.10. The summed E-state index contributed by atoms with van der Waals surface area (Å²) in [7, 11) is 0. The van der Waals surface area contributed by atoms with Crippen LogP contribution in [0.4, 0.5) is 10.7 Å². The van der Waals surface area contributed by atoms with Crippen LogP contribution in [0.25, 0.3) is 11.1 Å². The van der Waals surface area contributed by atoms with Gasteiger partial charge in [0.15, 0.2) is 6.61 Å². The van der Waals surface area contributed by atoms with Gasteiger partial charge in [-0.25, -0.2) is 4.79 Å². The van der Waals surface area contributed by atoms with Gasteiger partial charge in [-0.3, -0.25) is 14.9 Å². The molecule has 1 heterocycles. The third kappa shape index (κ3) is 5.99. The summed E-state index contributed by atoms with van der Waals surface area (Å²) in [6.45, 7) is 5.56. The standard InChI is InChI=1S/C25H26N2O6S/c1-4-6-17-7-13-20(14-8-17)33-15-21(28)26-24-23(25(29)32-5-2)22(16(3)34-24)18-9-11-19(12-10-18)27(30)31/h7-14H,4-6,15H2,1-3H3,(H,26,28). The Bertz CT molecular complexity index is 1170. The lowest BCUT2D eigenvalue weighted by atomic mass is 10.0. The van der Waals surface area contributed by atoms with Crippen LogP contribution in [0.15, 0.2) is 48.5 Å². The van der Waals surface area contributed by atoms with E-state index in [0.717, 1.165) is 17.7 Å². The minimum absolute atomic E-state index is 0.0530. The predicted molar refractivity (Wildman–Crippen MR) is 132 cm³/mol. The van der Waals surface area contributed by atoms with Crippen LogP contribution in [0, 0.1) is 17.0 Å². The van der Waals surface area contributed by atoms with Gasteiger partial charge < -0.3 is 14.8 Å². The van der Waals surface area contributed by atoms with Crippen molar-refractivity contribution in [1.82, 2.24) is 0 Å². The van der Waals surface area contributed by atoms with Crippen LogP contribution in [-0.2, 0) is 16.0 Å². The van der Waals surface area contributed by atoms with E-state index in [4.69, 9.17) is 9.47 Å². The minimum Gasteiger partial charge on any atom is -0.484 e. The summed E-state index contributed by atoms with van der Waals surface area (Å²) in [4.78, 5) is 36.7. The maximum atomic E-state index is 12.8. The number of ether oxygens (including phenoxy) is 2. The Labute approximate surface area is 201 Å². The fourth-order valence-electron chi connectivity index (χ4n) is 3.48. The first-order valence-corrected chi connectivity index (χ1v) is 11.7. The average Bonchev–Trinajstić information content (AvgIpc) is 3.14. The van der Waals surface area contributed by atoms with E-state index < -0.39 is 16.8 Å². The zero-order valence-corrected chi connectivity index (χ0v) is 20.1. The maximum Gasteiger partial charge on any atom is 0.341 e. The van der Waals surface area contributed by atoms with E-state index in [2.05, 4.69) is 12.2 Å². The van der Waals surface area contributed by atoms with Crippen molar-refractivity contribution in [2.24, 2.45) is 0 Å². The summed E-state index contributed by atoms with van der Waals surface area (Å²) in [5, 5.41) is 14.1. The molecular weight excluding hydrogens is 456 g/mol. The van der Waals surface area contributed by atoms with Crippen LogP contribution in [0.5, 0.6) is 5.75 Å². The Balaban J connectivity index is 1.81. The van der Waals surface area contributed by atoms with Crippen molar-refractivity contribution in [3.8, 4) is 16.9 Å². The molecular formula is C25H26N2O6S. The number of rotatable bonds is 10. The molecule has 1 aromatic heterocycles. The average molecular weight is 483 g/mol. The Morgan fingerprint density at radius 1 is 1.06 bits per heavy atom. The van der Waals surface area contributed by atoms with Gasteiger partial charge in [0.05, 0.1) is 11.5 Å². The van der Waals surface area contributed by atoms with Crippen molar-refractivity contribution in [3.63, 3.8) is 0 Å². The van der Waals surface area contributed by atoms with E-state index >= 15 is 0 Å². The van der Waals surface area contributed by atoms with Gasteiger partial charge in [-0.05, 0) is 55.7 Å². The lowest BCUT2D eigenvalue weighted by Crippen LogP contribution is -2.21. The number of nitrogens with one attached hydrogen (secondary N) is 1. The third-order valence-electron chi connectivity index (χ3n) is 5.02. The molecule has 8 nitrogen and oxygen atoms in total. The minimum atomic E-state index is -0.581. The van der Waals surface area contributed by atoms with Gasteiger partial charge in [-0.2, -0.15) is 0 Å². The first kappa shape index (κ1) is 24.9. The highest BCUT2D eigenvalue weighted by atomic mass is 32.1. The normalized spacial score (nSPS) is 10.6. The molecule has 0 aliphatic rings. The molecule has 34 heavy (non-hydrogen) atoms. The molecule has 0 saturated heterocycles. The van der Waals surface area contributed by atoms with Crippen LogP contribution >= 0.6 is 11.3 Å². The van der Waals surface area contributed by atoms with Crippen molar-refractivity contribution in [2.45, 2.75) is 33.6 Å². The summed E-state index contributed by atoms with van der Waals surface area (Å²) in [5.74, 6) is -0.419. The van der Waals surface area contributed by atoms with Gasteiger partial charge >= 0.3 is 5.97 Å². The molecule has 3 aromatic rings. The number of anilines is 1. The largest absolute Gasteiger partial charge is 0.484 e. The Morgan fingerprint density at radius 2 is 1.74 bits per heavy atom. The lowest BCUT2D eigenvalue weighted by molar-refractivity contribution is -0.384. The van der Waals surface area contributed by atoms with Crippen molar-refractivity contribution in [1.29, 1.82) is 0 Å². The van der Waals surface area contributed by atoms with Gasteiger partial charge in [0.1, 0.15) is 16.3 Å². The molecule has 0 bridgehead atoms. The maximum absolute atomic E-state index is 12.8. The molecule has 178 valence electrons. The van der Waals surface area contributed by atoms with E-state index in [1.54, 1.807) is 19.1 Å². The van der Waals surface area contributed by atoms with Crippen molar-refractivity contribution in [3.05, 3.63) is 74.6 Å². The van der Waals surface area contributed by atoms with Crippen molar-refractivity contribution >= 4 is 33.9 Å². The molecule has 3 rings (SSSR count). The van der Waals surface area contributed by atoms with E-state index in [1.807, 2.05) is 31.2 Å². The molecule has 0 saturated carbocycles. The number of non-ortho nitro benzene ring substituents is 1. The van der Waals surface area contributed by atoms with Crippen molar-refractivity contribution < 1.29 is 24.0 Å².